The van der Waals surface area contributed by atoms with Crippen molar-refractivity contribution in [3.05, 3.63) is 79.1 Å². The minimum Gasteiger partial charge on any atom is -0.285 e. The SMILES string of the molecule is c1ccc(-c2ccnc(-n3ccc4ccccc43)n2)cc1. The van der Waals surface area contributed by atoms with Crippen LogP contribution in [0.4, 0.5) is 0 Å². The van der Waals surface area contributed by atoms with Crippen molar-refractivity contribution in [1.82, 2.24) is 14.5 Å². The third kappa shape index (κ3) is 2.09. The number of hydrogen-bond acceptors (Lipinski definition) is 2. The lowest BCUT2D eigenvalue weighted by atomic mass is 10.1. The molecular weight excluding hydrogens is 258 g/mol. The Morgan fingerprint density at radius 2 is 1.57 bits per heavy atom. The van der Waals surface area contributed by atoms with Crippen molar-refractivity contribution in [2.24, 2.45) is 0 Å². The Bertz CT molecular complexity index is 894. The van der Waals surface area contributed by atoms with Crippen LogP contribution in [0, 0.1) is 0 Å². The van der Waals surface area contributed by atoms with Gasteiger partial charge in [0.05, 0.1) is 11.2 Å². The standard InChI is InChI=1S/C18H13N3/c1-2-6-14(7-3-1)16-10-12-19-18(20-16)21-13-11-15-8-4-5-9-17(15)21/h1-13H. The first kappa shape index (κ1) is 11.9. The number of hydrogen-bond donors (Lipinski definition) is 0. The highest BCUT2D eigenvalue weighted by Gasteiger charge is 2.06. The lowest BCUT2D eigenvalue weighted by Gasteiger charge is -2.06. The molecular formula is C18H13N3. The van der Waals surface area contributed by atoms with E-state index in [4.69, 9.17) is 0 Å². The molecule has 0 spiro atoms. The molecule has 0 atom stereocenters. The van der Waals surface area contributed by atoms with Crippen molar-refractivity contribution in [2.75, 3.05) is 0 Å². The maximum Gasteiger partial charge on any atom is 0.234 e. The van der Waals surface area contributed by atoms with Crippen LogP contribution >= 0.6 is 0 Å². The zero-order valence-corrected chi connectivity index (χ0v) is 11.3. The van der Waals surface area contributed by atoms with Gasteiger partial charge in [0.25, 0.3) is 0 Å². The summed E-state index contributed by atoms with van der Waals surface area (Å²) in [4.78, 5) is 9.10. The Labute approximate surface area is 122 Å². The van der Waals surface area contributed by atoms with Gasteiger partial charge in [0.1, 0.15) is 0 Å². The van der Waals surface area contributed by atoms with Gasteiger partial charge in [-0.3, -0.25) is 4.57 Å². The maximum atomic E-state index is 4.69. The molecule has 2 aromatic carbocycles. The summed E-state index contributed by atoms with van der Waals surface area (Å²) in [5.41, 5.74) is 3.14. The van der Waals surface area contributed by atoms with Gasteiger partial charge >= 0.3 is 0 Å². The molecule has 2 aromatic heterocycles. The summed E-state index contributed by atoms with van der Waals surface area (Å²) < 4.78 is 2.02. The first-order chi connectivity index (χ1) is 10.4. The van der Waals surface area contributed by atoms with Crippen molar-refractivity contribution in [3.63, 3.8) is 0 Å². The summed E-state index contributed by atoms with van der Waals surface area (Å²) in [6.07, 6.45) is 3.81. The summed E-state index contributed by atoms with van der Waals surface area (Å²) in [7, 11) is 0. The molecule has 4 rings (SSSR count). The Hall–Kier alpha value is -2.94. The Morgan fingerprint density at radius 3 is 2.48 bits per heavy atom. The van der Waals surface area contributed by atoms with Crippen LogP contribution in [0.25, 0.3) is 28.1 Å². The van der Waals surface area contributed by atoms with E-state index in [0.29, 0.717) is 5.95 Å². The third-order valence-electron chi connectivity index (χ3n) is 3.53. The molecule has 0 aliphatic rings. The van der Waals surface area contributed by atoms with Crippen LogP contribution in [-0.2, 0) is 0 Å². The van der Waals surface area contributed by atoms with Crippen molar-refractivity contribution < 1.29 is 0 Å². The monoisotopic (exact) mass is 271 g/mol. The molecule has 0 fully saturated rings. The zero-order valence-electron chi connectivity index (χ0n) is 11.3. The predicted molar refractivity (Wildman–Crippen MR) is 84.3 cm³/mol. The molecule has 0 unspecified atom stereocenters. The number of para-hydroxylation sites is 1. The van der Waals surface area contributed by atoms with Gasteiger partial charge in [0.15, 0.2) is 0 Å². The van der Waals surface area contributed by atoms with E-state index in [1.54, 1.807) is 6.20 Å². The van der Waals surface area contributed by atoms with Crippen LogP contribution < -0.4 is 0 Å². The molecule has 100 valence electrons. The van der Waals surface area contributed by atoms with Crippen LogP contribution in [0.15, 0.2) is 79.1 Å². The van der Waals surface area contributed by atoms with Gasteiger partial charge in [-0.05, 0) is 18.2 Å². The minimum atomic E-state index is 0.692. The fraction of sp³-hybridized carbons (Fsp3) is 0. The number of fused-ring (bicyclic) bond motifs is 1. The first-order valence-electron chi connectivity index (χ1n) is 6.87. The molecule has 21 heavy (non-hydrogen) atoms. The smallest absolute Gasteiger partial charge is 0.234 e. The lowest BCUT2D eigenvalue weighted by molar-refractivity contribution is 0.965. The summed E-state index contributed by atoms with van der Waals surface area (Å²) in [5, 5.41) is 1.19. The van der Waals surface area contributed by atoms with Gasteiger partial charge in [0, 0.05) is 23.3 Å². The van der Waals surface area contributed by atoms with E-state index in [1.807, 2.05) is 47.2 Å². The molecule has 4 aromatic rings. The van der Waals surface area contributed by atoms with Crippen molar-refractivity contribution in [1.29, 1.82) is 0 Å². The molecule has 3 heteroatoms. The number of benzene rings is 2. The zero-order chi connectivity index (χ0) is 14.1. The van der Waals surface area contributed by atoms with E-state index in [-0.39, 0.29) is 0 Å². The quantitative estimate of drug-likeness (QED) is 0.550. The molecule has 3 nitrogen and oxygen atoms in total. The fourth-order valence-electron chi connectivity index (χ4n) is 2.49. The molecule has 0 N–H and O–H groups in total. The Morgan fingerprint density at radius 1 is 0.762 bits per heavy atom. The Kier molecular flexibility index (Phi) is 2.75. The molecule has 0 amide bonds. The van der Waals surface area contributed by atoms with Gasteiger partial charge < -0.3 is 0 Å². The topological polar surface area (TPSA) is 30.7 Å². The average Bonchev–Trinajstić information content (AvgIpc) is 3.00. The number of rotatable bonds is 2. The number of aromatic nitrogens is 3. The predicted octanol–water partition coefficient (Wildman–Crippen LogP) is 4.09. The van der Waals surface area contributed by atoms with E-state index < -0.39 is 0 Å². The molecule has 0 radical (unpaired) electrons. The molecule has 2 heterocycles. The molecule has 0 aliphatic carbocycles. The third-order valence-corrected chi connectivity index (χ3v) is 3.53. The summed E-state index contributed by atoms with van der Waals surface area (Å²) in [5.74, 6) is 0.692. The van der Waals surface area contributed by atoms with E-state index in [9.17, 15) is 0 Å². The van der Waals surface area contributed by atoms with Crippen LogP contribution in [-0.4, -0.2) is 14.5 Å². The largest absolute Gasteiger partial charge is 0.285 e. The molecule has 0 saturated carbocycles. The second kappa shape index (κ2) is 4.87. The van der Waals surface area contributed by atoms with Crippen LogP contribution in [0.3, 0.4) is 0 Å². The second-order valence-corrected chi connectivity index (χ2v) is 4.85. The molecule has 0 saturated heterocycles. The summed E-state index contributed by atoms with van der Waals surface area (Å²) >= 11 is 0. The highest BCUT2D eigenvalue weighted by Crippen LogP contribution is 2.20. The van der Waals surface area contributed by atoms with Gasteiger partial charge in [-0.25, -0.2) is 9.97 Å². The fourth-order valence-corrected chi connectivity index (χ4v) is 2.49. The van der Waals surface area contributed by atoms with Crippen LogP contribution in [0.5, 0.6) is 0 Å². The highest BCUT2D eigenvalue weighted by atomic mass is 15.1. The van der Waals surface area contributed by atoms with Crippen molar-refractivity contribution in [2.45, 2.75) is 0 Å². The lowest BCUT2D eigenvalue weighted by Crippen LogP contribution is -2.00. The van der Waals surface area contributed by atoms with Gasteiger partial charge in [-0.15, -0.1) is 0 Å². The second-order valence-electron chi connectivity index (χ2n) is 4.85. The highest BCUT2D eigenvalue weighted by molar-refractivity contribution is 5.81. The van der Waals surface area contributed by atoms with Crippen molar-refractivity contribution >= 4 is 10.9 Å². The van der Waals surface area contributed by atoms with E-state index >= 15 is 0 Å². The summed E-state index contributed by atoms with van der Waals surface area (Å²) in [6, 6.07) is 22.4. The maximum absolute atomic E-state index is 4.69. The minimum absolute atomic E-state index is 0.692. The number of nitrogens with zero attached hydrogens (tertiary/aromatic N) is 3. The van der Waals surface area contributed by atoms with Crippen LogP contribution in [0.2, 0.25) is 0 Å². The first-order valence-corrected chi connectivity index (χ1v) is 6.87. The Balaban J connectivity index is 1.87. The van der Waals surface area contributed by atoms with Gasteiger partial charge in [-0.1, -0.05) is 48.5 Å². The average molecular weight is 271 g/mol. The van der Waals surface area contributed by atoms with Crippen molar-refractivity contribution in [3.8, 4) is 17.2 Å². The van der Waals surface area contributed by atoms with E-state index in [1.165, 1.54) is 5.39 Å². The van der Waals surface area contributed by atoms with Gasteiger partial charge in [-0.2, -0.15) is 0 Å². The van der Waals surface area contributed by atoms with Crippen LogP contribution in [0.1, 0.15) is 0 Å². The molecule has 0 bridgehead atoms. The molecule has 0 aliphatic heterocycles. The summed E-state index contributed by atoms with van der Waals surface area (Å²) in [6.45, 7) is 0. The van der Waals surface area contributed by atoms with E-state index in [2.05, 4.69) is 40.3 Å². The van der Waals surface area contributed by atoms with E-state index in [0.717, 1.165) is 16.8 Å². The van der Waals surface area contributed by atoms with Gasteiger partial charge in [0.2, 0.25) is 5.95 Å². The normalized spacial score (nSPS) is 10.9.